The molecule has 0 bridgehead atoms. The van der Waals surface area contributed by atoms with Crippen molar-refractivity contribution in [1.29, 1.82) is 0 Å². The fourth-order valence-corrected chi connectivity index (χ4v) is 3.02. The summed E-state index contributed by atoms with van der Waals surface area (Å²) in [7, 11) is 0. The molecule has 1 aromatic carbocycles. The van der Waals surface area contributed by atoms with Gasteiger partial charge in [-0.2, -0.15) is 18.3 Å². The van der Waals surface area contributed by atoms with Gasteiger partial charge in [-0.1, -0.05) is 6.07 Å². The van der Waals surface area contributed by atoms with E-state index in [0.717, 1.165) is 31.6 Å². The number of aromatic nitrogens is 3. The predicted molar refractivity (Wildman–Crippen MR) is 105 cm³/mol. The van der Waals surface area contributed by atoms with Gasteiger partial charge in [0.1, 0.15) is 5.41 Å². The molecule has 0 aliphatic carbocycles. The van der Waals surface area contributed by atoms with Gasteiger partial charge in [0.25, 0.3) is 5.91 Å². The summed E-state index contributed by atoms with van der Waals surface area (Å²) >= 11 is 0. The van der Waals surface area contributed by atoms with Crippen LogP contribution in [0.1, 0.15) is 48.1 Å². The molecule has 1 N–H and O–H groups in total. The topological polar surface area (TPSA) is 59.8 Å². The van der Waals surface area contributed by atoms with Crippen LogP contribution in [-0.4, -0.2) is 26.8 Å². The van der Waals surface area contributed by atoms with Gasteiger partial charge in [-0.25, -0.2) is 0 Å². The first-order valence-electron chi connectivity index (χ1n) is 9.32. The first-order valence-corrected chi connectivity index (χ1v) is 9.32. The number of alkyl halides is 3. The first kappa shape index (κ1) is 20.8. The van der Waals surface area contributed by atoms with Crippen molar-refractivity contribution >= 4 is 16.8 Å². The predicted octanol–water partition coefficient (Wildman–Crippen LogP) is 4.53. The van der Waals surface area contributed by atoms with Crippen molar-refractivity contribution < 1.29 is 18.0 Å². The van der Waals surface area contributed by atoms with Gasteiger partial charge in [0.05, 0.1) is 17.4 Å². The van der Waals surface area contributed by atoms with Crippen molar-refractivity contribution in [3.63, 3.8) is 0 Å². The number of rotatable bonds is 5. The van der Waals surface area contributed by atoms with Crippen molar-refractivity contribution in [2.45, 2.75) is 52.4 Å². The van der Waals surface area contributed by atoms with Crippen LogP contribution in [0.15, 0.2) is 36.5 Å². The van der Waals surface area contributed by atoms with E-state index in [1.165, 1.54) is 6.07 Å². The highest BCUT2D eigenvalue weighted by Gasteiger charge is 2.49. The largest absolute Gasteiger partial charge is 0.399 e. The van der Waals surface area contributed by atoms with E-state index in [2.05, 4.69) is 15.4 Å². The van der Waals surface area contributed by atoms with Crippen LogP contribution in [-0.2, 0) is 18.5 Å². The van der Waals surface area contributed by atoms with Gasteiger partial charge in [0.15, 0.2) is 0 Å². The van der Waals surface area contributed by atoms with Gasteiger partial charge in [-0.05, 0) is 52.0 Å². The lowest BCUT2D eigenvalue weighted by Crippen LogP contribution is -2.37. The molecule has 0 unspecified atom stereocenters. The van der Waals surface area contributed by atoms with Crippen LogP contribution in [0.2, 0.25) is 0 Å². The number of hydrogen-bond donors (Lipinski definition) is 1. The van der Waals surface area contributed by atoms with Gasteiger partial charge < -0.3 is 5.32 Å². The smallest absolute Gasteiger partial charge is 0.348 e. The molecule has 3 aromatic rings. The number of carbonyl (C=O) groups is 1. The summed E-state index contributed by atoms with van der Waals surface area (Å²) in [6, 6.07) is 7.69. The molecule has 8 heteroatoms. The summed E-state index contributed by atoms with van der Waals surface area (Å²) in [6.45, 7) is 7.24. The Morgan fingerprint density at radius 2 is 1.90 bits per heavy atom. The quantitative estimate of drug-likeness (QED) is 0.680. The summed E-state index contributed by atoms with van der Waals surface area (Å²) in [5, 5.41) is 7.71. The minimum Gasteiger partial charge on any atom is -0.348 e. The number of carbonyl (C=O) groups excluding carboxylic acids is 1. The van der Waals surface area contributed by atoms with E-state index in [9.17, 15) is 18.0 Å². The fourth-order valence-electron chi connectivity index (χ4n) is 3.02. The van der Waals surface area contributed by atoms with Crippen LogP contribution < -0.4 is 5.32 Å². The molecule has 2 heterocycles. The van der Waals surface area contributed by atoms with Crippen LogP contribution in [0.4, 0.5) is 13.2 Å². The highest BCUT2D eigenvalue weighted by Crippen LogP contribution is 2.39. The summed E-state index contributed by atoms with van der Waals surface area (Å²) in [4.78, 5) is 16.7. The zero-order valence-corrected chi connectivity index (χ0v) is 16.8. The fraction of sp³-hybridized carbons (Fsp3) is 0.381. The van der Waals surface area contributed by atoms with Crippen LogP contribution in [0.25, 0.3) is 10.9 Å². The molecule has 5 nitrogen and oxygen atoms in total. The number of halogens is 3. The molecular weight excluding hydrogens is 381 g/mol. The number of benzene rings is 1. The number of nitrogens with one attached hydrogen (secondary N) is 1. The molecule has 0 aliphatic heterocycles. The van der Waals surface area contributed by atoms with Gasteiger partial charge in [0, 0.05) is 35.3 Å². The molecule has 0 aliphatic rings. The van der Waals surface area contributed by atoms with Crippen molar-refractivity contribution in [2.24, 2.45) is 0 Å². The second-order valence-corrected chi connectivity index (χ2v) is 7.48. The number of nitrogens with zero attached hydrogens (tertiary/aromatic N) is 3. The van der Waals surface area contributed by atoms with Crippen LogP contribution in [0.5, 0.6) is 0 Å². The van der Waals surface area contributed by atoms with E-state index in [4.69, 9.17) is 0 Å². The van der Waals surface area contributed by atoms with E-state index in [1.54, 1.807) is 30.5 Å². The third-order valence-corrected chi connectivity index (χ3v) is 5.24. The lowest BCUT2D eigenvalue weighted by Gasteiger charge is -2.27. The average molecular weight is 404 g/mol. The molecule has 2 aromatic heterocycles. The molecule has 0 saturated heterocycles. The van der Waals surface area contributed by atoms with Crippen molar-refractivity contribution in [1.82, 2.24) is 20.1 Å². The zero-order chi connectivity index (χ0) is 21.4. The Bertz CT molecular complexity index is 1050. The average Bonchev–Trinajstić information content (AvgIpc) is 3.03. The van der Waals surface area contributed by atoms with Gasteiger partial charge in [-0.15, -0.1) is 0 Å². The lowest BCUT2D eigenvalue weighted by atomic mass is 9.87. The Labute approximate surface area is 166 Å². The lowest BCUT2D eigenvalue weighted by molar-refractivity contribution is -0.181. The molecule has 3 rings (SSSR count). The highest BCUT2D eigenvalue weighted by molar-refractivity contribution is 5.97. The van der Waals surface area contributed by atoms with Gasteiger partial charge in [-0.3, -0.25) is 14.5 Å². The van der Waals surface area contributed by atoms with Gasteiger partial charge >= 0.3 is 6.18 Å². The van der Waals surface area contributed by atoms with E-state index >= 15 is 0 Å². The standard InChI is InChI=1S/C21H23F3N4O/c1-5-28-13(2)16(12-26-28)11-25-19(29)15-6-8-17-14(10-15)7-9-18(27-17)20(3,4)21(22,23)24/h6-10,12H,5,11H2,1-4H3,(H,25,29). The summed E-state index contributed by atoms with van der Waals surface area (Å²) < 4.78 is 41.7. The maximum absolute atomic E-state index is 13.3. The third kappa shape index (κ3) is 3.97. The Hall–Kier alpha value is -2.90. The Morgan fingerprint density at radius 3 is 2.52 bits per heavy atom. The minimum atomic E-state index is -4.41. The summed E-state index contributed by atoms with van der Waals surface area (Å²) in [5.41, 5.74) is 0.645. The highest BCUT2D eigenvalue weighted by atomic mass is 19.4. The summed E-state index contributed by atoms with van der Waals surface area (Å²) in [5.74, 6) is -0.268. The Balaban J connectivity index is 1.79. The minimum absolute atomic E-state index is 0.0573. The number of hydrogen-bond acceptors (Lipinski definition) is 3. The van der Waals surface area contributed by atoms with Gasteiger partial charge in [0.2, 0.25) is 0 Å². The number of aryl methyl sites for hydroxylation is 1. The molecule has 0 radical (unpaired) electrons. The van der Waals surface area contributed by atoms with E-state index in [0.29, 0.717) is 23.0 Å². The number of pyridine rings is 1. The maximum Gasteiger partial charge on any atom is 0.399 e. The zero-order valence-electron chi connectivity index (χ0n) is 16.8. The maximum atomic E-state index is 13.3. The molecular formula is C21H23F3N4O. The summed E-state index contributed by atoms with van der Waals surface area (Å²) in [6.07, 6.45) is -2.68. The molecule has 0 atom stereocenters. The Kier molecular flexibility index (Phi) is 5.38. The monoisotopic (exact) mass is 404 g/mol. The number of fused-ring (bicyclic) bond motifs is 1. The molecule has 29 heavy (non-hydrogen) atoms. The second-order valence-electron chi connectivity index (χ2n) is 7.48. The van der Waals surface area contributed by atoms with Crippen molar-refractivity contribution in [3.8, 4) is 0 Å². The molecule has 154 valence electrons. The van der Waals surface area contributed by atoms with Crippen molar-refractivity contribution in [3.05, 3.63) is 59.0 Å². The molecule has 0 spiro atoms. The second kappa shape index (κ2) is 7.50. The molecule has 0 saturated carbocycles. The van der Waals surface area contributed by atoms with E-state index < -0.39 is 11.6 Å². The number of amides is 1. The van der Waals surface area contributed by atoms with E-state index in [-0.39, 0.29) is 11.6 Å². The van der Waals surface area contributed by atoms with Crippen molar-refractivity contribution in [2.75, 3.05) is 0 Å². The van der Waals surface area contributed by atoms with Crippen LogP contribution >= 0.6 is 0 Å². The van der Waals surface area contributed by atoms with Crippen LogP contribution in [0, 0.1) is 6.92 Å². The Morgan fingerprint density at radius 1 is 1.17 bits per heavy atom. The van der Waals surface area contributed by atoms with E-state index in [1.807, 2.05) is 18.5 Å². The molecule has 1 amide bonds. The molecule has 0 fully saturated rings. The normalized spacial score (nSPS) is 12.4. The first-order chi connectivity index (χ1) is 13.5. The SMILES string of the molecule is CCn1ncc(CNC(=O)c2ccc3nc(C(C)(C)C(F)(F)F)ccc3c2)c1C. The van der Waals surface area contributed by atoms with Crippen LogP contribution in [0.3, 0.4) is 0 Å². The third-order valence-electron chi connectivity index (χ3n) is 5.24.